The van der Waals surface area contributed by atoms with Crippen LogP contribution in [0.25, 0.3) is 0 Å². The van der Waals surface area contributed by atoms with E-state index < -0.39 is 0 Å². The van der Waals surface area contributed by atoms with Crippen molar-refractivity contribution in [1.82, 2.24) is 14.9 Å². The predicted octanol–water partition coefficient (Wildman–Crippen LogP) is 4.45. The van der Waals surface area contributed by atoms with E-state index in [0.717, 1.165) is 35.7 Å². The van der Waals surface area contributed by atoms with Gasteiger partial charge in [0.25, 0.3) is 5.91 Å². The first-order valence-corrected chi connectivity index (χ1v) is 10.7. The Morgan fingerprint density at radius 2 is 2.04 bits per heavy atom. The first-order valence-electron chi connectivity index (χ1n) is 9.02. The number of aromatic nitrogens is 2. The molecule has 2 aromatic heterocycles. The van der Waals surface area contributed by atoms with E-state index in [2.05, 4.69) is 30.8 Å². The molecular formula is C20H19BrN4O2S. The van der Waals surface area contributed by atoms with Gasteiger partial charge in [0.15, 0.2) is 5.13 Å². The van der Waals surface area contributed by atoms with Gasteiger partial charge in [-0.15, -0.1) is 11.3 Å². The first-order chi connectivity index (χ1) is 13.7. The number of pyridine rings is 1. The van der Waals surface area contributed by atoms with Gasteiger partial charge in [-0.3, -0.25) is 4.79 Å². The Kier molecular flexibility index (Phi) is 5.87. The molecule has 8 heteroatoms. The van der Waals surface area contributed by atoms with E-state index in [-0.39, 0.29) is 5.91 Å². The summed E-state index contributed by atoms with van der Waals surface area (Å²) in [7, 11) is 0. The molecule has 0 N–H and O–H groups in total. The lowest BCUT2D eigenvalue weighted by Gasteiger charge is -2.21. The number of hydrogen-bond donors (Lipinski definition) is 0. The number of carbonyl (C=O) groups excluding carboxylic acids is 1. The first kappa shape index (κ1) is 18.9. The minimum Gasteiger partial charge on any atom is -0.439 e. The second-order valence-electron chi connectivity index (χ2n) is 6.39. The highest BCUT2D eigenvalue weighted by Gasteiger charge is 2.21. The van der Waals surface area contributed by atoms with Crippen molar-refractivity contribution in [2.45, 2.75) is 6.42 Å². The van der Waals surface area contributed by atoms with E-state index in [1.54, 1.807) is 29.7 Å². The average Bonchev–Trinajstić information content (AvgIpc) is 3.13. The minimum atomic E-state index is 0.00231. The van der Waals surface area contributed by atoms with Gasteiger partial charge in [0, 0.05) is 54.5 Å². The van der Waals surface area contributed by atoms with Crippen molar-refractivity contribution in [2.24, 2.45) is 0 Å². The molecule has 0 spiro atoms. The van der Waals surface area contributed by atoms with Crippen LogP contribution < -0.4 is 9.64 Å². The van der Waals surface area contributed by atoms with Crippen LogP contribution in [0.4, 0.5) is 5.13 Å². The van der Waals surface area contributed by atoms with Crippen LogP contribution >= 0.6 is 27.3 Å². The van der Waals surface area contributed by atoms with Gasteiger partial charge < -0.3 is 14.5 Å². The Balaban J connectivity index is 1.39. The number of hydrogen-bond acceptors (Lipinski definition) is 6. The van der Waals surface area contributed by atoms with Crippen LogP contribution in [-0.4, -0.2) is 47.0 Å². The van der Waals surface area contributed by atoms with Crippen molar-refractivity contribution < 1.29 is 9.53 Å². The molecule has 0 radical (unpaired) electrons. The molecule has 1 aromatic carbocycles. The van der Waals surface area contributed by atoms with Crippen molar-refractivity contribution >= 4 is 38.3 Å². The number of anilines is 1. The Labute approximate surface area is 175 Å². The lowest BCUT2D eigenvalue weighted by atomic mass is 10.2. The van der Waals surface area contributed by atoms with Crippen LogP contribution in [-0.2, 0) is 0 Å². The Bertz CT molecular complexity index is 934. The van der Waals surface area contributed by atoms with Crippen molar-refractivity contribution in [3.63, 3.8) is 0 Å². The minimum absolute atomic E-state index is 0.00231. The van der Waals surface area contributed by atoms with E-state index in [0.29, 0.717) is 23.7 Å². The Morgan fingerprint density at radius 1 is 1.11 bits per heavy atom. The molecule has 1 aliphatic rings. The van der Waals surface area contributed by atoms with E-state index in [1.807, 2.05) is 40.7 Å². The molecule has 4 rings (SSSR count). The monoisotopic (exact) mass is 458 g/mol. The molecule has 1 fully saturated rings. The number of amides is 1. The van der Waals surface area contributed by atoms with Gasteiger partial charge in [0.1, 0.15) is 5.75 Å². The lowest BCUT2D eigenvalue weighted by Crippen LogP contribution is -2.35. The summed E-state index contributed by atoms with van der Waals surface area (Å²) < 4.78 is 6.67. The molecule has 1 amide bonds. The van der Waals surface area contributed by atoms with Gasteiger partial charge in [-0.25, -0.2) is 9.97 Å². The fourth-order valence-corrected chi connectivity index (χ4v) is 4.16. The standard InChI is InChI=1S/C20H19BrN4O2S/c21-16-3-1-4-17(13-16)27-18-6-5-15(14-23-18)19(26)24-8-2-9-25(11-10-24)20-22-7-12-28-20/h1,3-7,12-14H,2,8-11H2. The Morgan fingerprint density at radius 3 is 2.79 bits per heavy atom. The largest absolute Gasteiger partial charge is 0.439 e. The third-order valence-corrected chi connectivity index (χ3v) is 5.80. The van der Waals surface area contributed by atoms with Gasteiger partial charge in [0.2, 0.25) is 5.88 Å². The summed E-state index contributed by atoms with van der Waals surface area (Å²) in [6.07, 6.45) is 4.32. The number of benzene rings is 1. The maximum atomic E-state index is 12.9. The molecule has 1 saturated heterocycles. The lowest BCUT2D eigenvalue weighted by molar-refractivity contribution is 0.0766. The van der Waals surface area contributed by atoms with Crippen LogP contribution in [0.1, 0.15) is 16.8 Å². The third-order valence-electron chi connectivity index (χ3n) is 4.47. The molecular weight excluding hydrogens is 440 g/mol. The molecule has 0 aliphatic carbocycles. The number of nitrogens with zero attached hydrogens (tertiary/aromatic N) is 4. The van der Waals surface area contributed by atoms with Gasteiger partial charge in [-0.05, 0) is 30.7 Å². The molecule has 144 valence electrons. The fourth-order valence-electron chi connectivity index (χ4n) is 3.08. The molecule has 3 aromatic rings. The predicted molar refractivity (Wildman–Crippen MR) is 113 cm³/mol. The van der Waals surface area contributed by atoms with Crippen molar-refractivity contribution in [3.8, 4) is 11.6 Å². The van der Waals surface area contributed by atoms with E-state index in [4.69, 9.17) is 4.74 Å². The highest BCUT2D eigenvalue weighted by atomic mass is 79.9. The third kappa shape index (κ3) is 4.51. The Hall–Kier alpha value is -2.45. The highest BCUT2D eigenvalue weighted by Crippen LogP contribution is 2.23. The van der Waals surface area contributed by atoms with Crippen molar-refractivity contribution in [3.05, 3.63) is 64.2 Å². The van der Waals surface area contributed by atoms with Crippen LogP contribution in [0.15, 0.2) is 58.6 Å². The number of rotatable bonds is 4. The van der Waals surface area contributed by atoms with Crippen molar-refractivity contribution in [2.75, 3.05) is 31.1 Å². The van der Waals surface area contributed by atoms with E-state index in [9.17, 15) is 4.79 Å². The summed E-state index contributed by atoms with van der Waals surface area (Å²) >= 11 is 5.05. The van der Waals surface area contributed by atoms with Gasteiger partial charge >= 0.3 is 0 Å². The van der Waals surface area contributed by atoms with Crippen LogP contribution in [0.3, 0.4) is 0 Å². The number of carbonyl (C=O) groups is 1. The normalized spacial score (nSPS) is 14.6. The smallest absolute Gasteiger partial charge is 0.255 e. The second-order valence-corrected chi connectivity index (χ2v) is 8.18. The molecule has 1 aliphatic heterocycles. The molecule has 3 heterocycles. The maximum Gasteiger partial charge on any atom is 0.255 e. The SMILES string of the molecule is O=C(c1ccc(Oc2cccc(Br)c2)nc1)N1CCCN(c2nccs2)CC1. The zero-order chi connectivity index (χ0) is 19.3. The molecule has 0 saturated carbocycles. The summed E-state index contributed by atoms with van der Waals surface area (Å²) in [6.45, 7) is 3.11. The average molecular weight is 459 g/mol. The molecule has 0 bridgehead atoms. The molecule has 0 atom stereocenters. The summed E-state index contributed by atoms with van der Waals surface area (Å²) in [5.74, 6) is 1.15. The van der Waals surface area contributed by atoms with Crippen LogP contribution in [0.5, 0.6) is 11.6 Å². The zero-order valence-corrected chi connectivity index (χ0v) is 17.5. The number of halogens is 1. The van der Waals surface area contributed by atoms with Crippen LogP contribution in [0, 0.1) is 0 Å². The van der Waals surface area contributed by atoms with Gasteiger partial charge in [0.05, 0.1) is 5.56 Å². The highest BCUT2D eigenvalue weighted by molar-refractivity contribution is 9.10. The van der Waals surface area contributed by atoms with E-state index in [1.165, 1.54) is 0 Å². The molecule has 6 nitrogen and oxygen atoms in total. The molecule has 0 unspecified atom stereocenters. The quantitative estimate of drug-likeness (QED) is 0.577. The van der Waals surface area contributed by atoms with Gasteiger partial charge in [-0.1, -0.05) is 22.0 Å². The number of thiazole rings is 1. The number of ether oxygens (including phenoxy) is 1. The van der Waals surface area contributed by atoms with Crippen molar-refractivity contribution in [1.29, 1.82) is 0 Å². The maximum absolute atomic E-state index is 12.9. The summed E-state index contributed by atoms with van der Waals surface area (Å²) in [6, 6.07) is 11.0. The second kappa shape index (κ2) is 8.70. The summed E-state index contributed by atoms with van der Waals surface area (Å²) in [4.78, 5) is 25.7. The molecule has 28 heavy (non-hydrogen) atoms. The zero-order valence-electron chi connectivity index (χ0n) is 15.1. The summed E-state index contributed by atoms with van der Waals surface area (Å²) in [5, 5.41) is 3.00. The summed E-state index contributed by atoms with van der Waals surface area (Å²) in [5.41, 5.74) is 0.573. The topological polar surface area (TPSA) is 58.6 Å². The van der Waals surface area contributed by atoms with E-state index >= 15 is 0 Å². The fraction of sp³-hybridized carbons (Fsp3) is 0.250. The van der Waals surface area contributed by atoms with Crippen LogP contribution in [0.2, 0.25) is 0 Å². The van der Waals surface area contributed by atoms with Gasteiger partial charge in [-0.2, -0.15) is 0 Å².